The summed E-state index contributed by atoms with van der Waals surface area (Å²) in [6.45, 7) is 5.20. The lowest BCUT2D eigenvalue weighted by atomic mass is 10.2. The Balaban J connectivity index is 2.26. The molecule has 1 heterocycles. The summed E-state index contributed by atoms with van der Waals surface area (Å²) in [7, 11) is 0. The summed E-state index contributed by atoms with van der Waals surface area (Å²) < 4.78 is 5.36. The maximum Gasteiger partial charge on any atom is 0.252 e. The summed E-state index contributed by atoms with van der Waals surface area (Å²) in [6, 6.07) is 1.60. The van der Waals surface area contributed by atoms with Crippen LogP contribution in [0, 0.1) is 0 Å². The summed E-state index contributed by atoms with van der Waals surface area (Å²) in [5.41, 5.74) is 6.51. The number of rotatable bonds is 6. The Morgan fingerprint density at radius 3 is 2.94 bits per heavy atom. The third-order valence-corrected chi connectivity index (χ3v) is 2.08. The van der Waals surface area contributed by atoms with Crippen LogP contribution in [0.3, 0.4) is 0 Å². The number of carbonyl (C=O) groups excluding carboxylic acids is 1. The van der Waals surface area contributed by atoms with Crippen molar-refractivity contribution in [2.24, 2.45) is 0 Å². The number of ether oxygens (including phenoxy) is 1. The highest BCUT2D eigenvalue weighted by Crippen LogP contribution is 2.03. The first-order valence-corrected chi connectivity index (χ1v) is 5.70. The van der Waals surface area contributed by atoms with E-state index in [1.165, 1.54) is 12.4 Å². The van der Waals surface area contributed by atoms with E-state index < -0.39 is 0 Å². The van der Waals surface area contributed by atoms with Crippen LogP contribution >= 0.6 is 0 Å². The van der Waals surface area contributed by atoms with Crippen molar-refractivity contribution >= 4 is 11.6 Å². The molecule has 0 radical (unpaired) electrons. The third kappa shape index (κ3) is 5.31. The van der Waals surface area contributed by atoms with Gasteiger partial charge in [0.25, 0.3) is 5.91 Å². The van der Waals surface area contributed by atoms with Crippen molar-refractivity contribution in [3.05, 3.63) is 24.0 Å². The molecule has 1 aromatic heterocycles. The first-order valence-electron chi connectivity index (χ1n) is 5.70. The minimum Gasteiger partial charge on any atom is -0.397 e. The second-order valence-electron chi connectivity index (χ2n) is 4.04. The van der Waals surface area contributed by atoms with Crippen LogP contribution in [-0.2, 0) is 4.74 Å². The lowest BCUT2D eigenvalue weighted by molar-refractivity contribution is 0.0757. The van der Waals surface area contributed by atoms with E-state index >= 15 is 0 Å². The summed E-state index contributed by atoms with van der Waals surface area (Å²) in [5, 5.41) is 2.79. The Labute approximate surface area is 101 Å². The minimum atomic E-state index is -0.158. The molecule has 0 bridgehead atoms. The zero-order valence-corrected chi connectivity index (χ0v) is 10.3. The quantitative estimate of drug-likeness (QED) is 0.729. The number of carbonyl (C=O) groups is 1. The van der Waals surface area contributed by atoms with Crippen LogP contribution in [0.25, 0.3) is 0 Å². The maximum atomic E-state index is 11.6. The zero-order valence-electron chi connectivity index (χ0n) is 10.3. The van der Waals surface area contributed by atoms with Gasteiger partial charge >= 0.3 is 0 Å². The molecule has 5 heteroatoms. The van der Waals surface area contributed by atoms with Crippen molar-refractivity contribution in [2.75, 3.05) is 18.9 Å². The van der Waals surface area contributed by atoms with Crippen molar-refractivity contribution in [3.63, 3.8) is 0 Å². The topological polar surface area (TPSA) is 77.2 Å². The molecular weight excluding hydrogens is 218 g/mol. The molecule has 1 rings (SSSR count). The van der Waals surface area contributed by atoms with Crippen LogP contribution in [-0.4, -0.2) is 30.1 Å². The number of aromatic nitrogens is 1. The molecule has 0 saturated heterocycles. The molecule has 5 nitrogen and oxygen atoms in total. The molecule has 0 aliphatic heterocycles. The number of hydrogen-bond donors (Lipinski definition) is 2. The molecule has 0 aliphatic carbocycles. The van der Waals surface area contributed by atoms with E-state index in [-0.39, 0.29) is 12.0 Å². The second-order valence-corrected chi connectivity index (χ2v) is 4.04. The number of nitrogens with one attached hydrogen (secondary N) is 1. The summed E-state index contributed by atoms with van der Waals surface area (Å²) in [6.07, 6.45) is 4.02. The van der Waals surface area contributed by atoms with Crippen LogP contribution in [0.15, 0.2) is 18.5 Å². The van der Waals surface area contributed by atoms with Gasteiger partial charge < -0.3 is 15.8 Å². The number of pyridine rings is 1. The molecule has 0 aromatic carbocycles. The van der Waals surface area contributed by atoms with Crippen LogP contribution in [0.4, 0.5) is 5.69 Å². The monoisotopic (exact) mass is 237 g/mol. The molecule has 0 unspecified atom stereocenters. The predicted molar refractivity (Wildman–Crippen MR) is 66.7 cm³/mol. The van der Waals surface area contributed by atoms with Gasteiger partial charge in [0.2, 0.25) is 0 Å². The van der Waals surface area contributed by atoms with E-state index in [1.54, 1.807) is 6.07 Å². The van der Waals surface area contributed by atoms with E-state index in [4.69, 9.17) is 10.5 Å². The van der Waals surface area contributed by atoms with Gasteiger partial charge in [-0.25, -0.2) is 0 Å². The molecule has 3 N–H and O–H groups in total. The van der Waals surface area contributed by atoms with Crippen molar-refractivity contribution in [2.45, 2.75) is 26.4 Å². The van der Waals surface area contributed by atoms with Crippen LogP contribution < -0.4 is 11.1 Å². The highest BCUT2D eigenvalue weighted by molar-refractivity contribution is 5.94. The number of nitrogen functional groups attached to an aromatic ring is 1. The van der Waals surface area contributed by atoms with Crippen molar-refractivity contribution in [3.8, 4) is 0 Å². The summed E-state index contributed by atoms with van der Waals surface area (Å²) in [4.78, 5) is 15.5. The highest BCUT2D eigenvalue weighted by atomic mass is 16.5. The summed E-state index contributed by atoms with van der Waals surface area (Å²) in [5.74, 6) is -0.158. The molecule has 94 valence electrons. The SMILES string of the molecule is CC(C)OCCCNC(=O)c1cncc(N)c1. The number of nitrogens with two attached hydrogens (primary N) is 1. The Morgan fingerprint density at radius 1 is 1.53 bits per heavy atom. The highest BCUT2D eigenvalue weighted by Gasteiger charge is 2.05. The smallest absolute Gasteiger partial charge is 0.252 e. The Morgan fingerprint density at radius 2 is 2.29 bits per heavy atom. The van der Waals surface area contributed by atoms with Gasteiger partial charge in [-0.2, -0.15) is 0 Å². The Kier molecular flexibility index (Phi) is 5.42. The number of anilines is 1. The van der Waals surface area contributed by atoms with E-state index in [1.807, 2.05) is 13.8 Å². The van der Waals surface area contributed by atoms with E-state index in [0.717, 1.165) is 6.42 Å². The number of amides is 1. The second kappa shape index (κ2) is 6.85. The standard InChI is InChI=1S/C12H19N3O2/c1-9(2)17-5-3-4-15-12(16)10-6-11(13)8-14-7-10/h6-9H,3-5,13H2,1-2H3,(H,15,16). The van der Waals surface area contributed by atoms with Gasteiger partial charge in [0.1, 0.15) is 0 Å². The molecule has 0 atom stereocenters. The molecular formula is C12H19N3O2. The van der Waals surface area contributed by atoms with Crippen LogP contribution in [0.5, 0.6) is 0 Å². The molecule has 0 aliphatic rings. The Hall–Kier alpha value is -1.62. The van der Waals surface area contributed by atoms with E-state index in [9.17, 15) is 4.79 Å². The van der Waals surface area contributed by atoms with Crippen LogP contribution in [0.2, 0.25) is 0 Å². The predicted octanol–water partition coefficient (Wildman–Crippen LogP) is 1.21. The van der Waals surface area contributed by atoms with Gasteiger partial charge in [0.05, 0.1) is 17.4 Å². The fourth-order valence-electron chi connectivity index (χ4n) is 1.28. The van der Waals surface area contributed by atoms with Gasteiger partial charge in [-0.15, -0.1) is 0 Å². The van der Waals surface area contributed by atoms with Gasteiger partial charge in [-0.3, -0.25) is 9.78 Å². The van der Waals surface area contributed by atoms with Crippen LogP contribution in [0.1, 0.15) is 30.6 Å². The van der Waals surface area contributed by atoms with Gasteiger partial charge in [-0.05, 0) is 26.3 Å². The van der Waals surface area contributed by atoms with Crippen molar-refractivity contribution < 1.29 is 9.53 Å². The maximum absolute atomic E-state index is 11.6. The minimum absolute atomic E-state index is 0.158. The number of hydrogen-bond acceptors (Lipinski definition) is 4. The van der Waals surface area contributed by atoms with E-state index in [2.05, 4.69) is 10.3 Å². The Bertz CT molecular complexity index is 367. The first-order chi connectivity index (χ1) is 8.09. The molecule has 17 heavy (non-hydrogen) atoms. The van der Waals surface area contributed by atoms with Gasteiger partial charge in [0.15, 0.2) is 0 Å². The molecule has 1 amide bonds. The lowest BCUT2D eigenvalue weighted by Gasteiger charge is -2.08. The molecule has 0 saturated carbocycles. The average Bonchev–Trinajstić information content (AvgIpc) is 2.28. The molecule has 0 fully saturated rings. The zero-order chi connectivity index (χ0) is 12.7. The molecule has 0 spiro atoms. The van der Waals surface area contributed by atoms with Crippen molar-refractivity contribution in [1.29, 1.82) is 0 Å². The average molecular weight is 237 g/mol. The largest absolute Gasteiger partial charge is 0.397 e. The van der Waals surface area contributed by atoms with Gasteiger partial charge in [0, 0.05) is 25.5 Å². The van der Waals surface area contributed by atoms with E-state index in [0.29, 0.717) is 24.4 Å². The van der Waals surface area contributed by atoms with Gasteiger partial charge in [-0.1, -0.05) is 0 Å². The first kappa shape index (κ1) is 13.4. The fourth-order valence-corrected chi connectivity index (χ4v) is 1.28. The fraction of sp³-hybridized carbons (Fsp3) is 0.500. The van der Waals surface area contributed by atoms with Crippen molar-refractivity contribution in [1.82, 2.24) is 10.3 Å². The normalized spacial score (nSPS) is 10.5. The third-order valence-electron chi connectivity index (χ3n) is 2.08. The number of nitrogens with zero attached hydrogens (tertiary/aromatic N) is 1. The lowest BCUT2D eigenvalue weighted by Crippen LogP contribution is -2.25. The summed E-state index contributed by atoms with van der Waals surface area (Å²) >= 11 is 0. The molecule has 1 aromatic rings.